The van der Waals surface area contributed by atoms with Crippen molar-refractivity contribution in [1.29, 1.82) is 0 Å². The number of hydrogen-bond acceptors (Lipinski definition) is 6. The van der Waals surface area contributed by atoms with Crippen LogP contribution in [0.2, 0.25) is 0 Å². The number of nitrogen functional groups attached to an aromatic ring is 1. The molecule has 6 rings (SSSR count). The minimum Gasteiger partial charge on any atom is -0.383 e. The lowest BCUT2D eigenvalue weighted by Crippen LogP contribution is -2.31. The van der Waals surface area contributed by atoms with Gasteiger partial charge in [-0.3, -0.25) is 18.8 Å². The molecule has 0 spiro atoms. The summed E-state index contributed by atoms with van der Waals surface area (Å²) in [6.07, 6.45) is 4.60. The highest BCUT2D eigenvalue weighted by Gasteiger charge is 2.27. The smallest absolute Gasteiger partial charge is 0.261 e. The van der Waals surface area contributed by atoms with Crippen LogP contribution >= 0.6 is 0 Å². The normalized spacial score (nSPS) is 13.0. The number of fused-ring (bicyclic) bond motifs is 4. The molecule has 0 saturated carbocycles. The van der Waals surface area contributed by atoms with Gasteiger partial charge in [0.05, 0.1) is 42.7 Å². The highest BCUT2D eigenvalue weighted by molar-refractivity contribution is 6.08. The van der Waals surface area contributed by atoms with Gasteiger partial charge in [0.15, 0.2) is 0 Å². The summed E-state index contributed by atoms with van der Waals surface area (Å²) in [6.45, 7) is 0.368. The molecular weight excluding hydrogens is 456 g/mol. The molecule has 0 bridgehead atoms. The molecule has 0 unspecified atom stereocenters. The van der Waals surface area contributed by atoms with Crippen molar-refractivity contribution in [2.45, 2.75) is 19.8 Å². The van der Waals surface area contributed by atoms with Crippen molar-refractivity contribution in [3.63, 3.8) is 0 Å². The van der Waals surface area contributed by atoms with Crippen LogP contribution in [-0.4, -0.2) is 30.1 Å². The highest BCUT2D eigenvalue weighted by Crippen LogP contribution is 2.33. The molecule has 1 amide bonds. The van der Waals surface area contributed by atoms with Gasteiger partial charge in [0, 0.05) is 36.5 Å². The summed E-state index contributed by atoms with van der Waals surface area (Å²) in [7, 11) is 1.69. The fraction of sp³-hybridized carbons (Fsp3) is 0.167. The summed E-state index contributed by atoms with van der Waals surface area (Å²) in [5.41, 5.74) is 8.47. The summed E-state index contributed by atoms with van der Waals surface area (Å²) < 4.78 is 38.6. The third kappa shape index (κ3) is 3.39. The molecule has 9 nitrogen and oxygen atoms in total. The Labute approximate surface area is 197 Å². The third-order valence-electron chi connectivity index (χ3n) is 6.14. The number of aromatic nitrogens is 5. The number of nitrogens with zero attached hydrogens (tertiary/aromatic N) is 6. The second kappa shape index (κ2) is 7.84. The van der Waals surface area contributed by atoms with Gasteiger partial charge in [-0.2, -0.15) is 9.49 Å². The van der Waals surface area contributed by atoms with Crippen LogP contribution in [0.25, 0.3) is 16.6 Å². The minimum absolute atomic E-state index is 0.0401. The molecule has 176 valence electrons. The first-order valence-corrected chi connectivity index (χ1v) is 10.8. The number of amides is 1. The van der Waals surface area contributed by atoms with Crippen molar-refractivity contribution in [2.75, 3.05) is 10.6 Å². The molecule has 0 aliphatic carbocycles. The van der Waals surface area contributed by atoms with Gasteiger partial charge in [0.25, 0.3) is 5.91 Å². The van der Waals surface area contributed by atoms with E-state index in [9.17, 15) is 4.79 Å². The van der Waals surface area contributed by atoms with Gasteiger partial charge in [-0.1, -0.05) is 6.07 Å². The molecule has 5 aromatic rings. The fourth-order valence-corrected chi connectivity index (χ4v) is 4.39. The Kier molecular flexibility index (Phi) is 4.74. The van der Waals surface area contributed by atoms with E-state index in [1.807, 2.05) is 0 Å². The van der Waals surface area contributed by atoms with E-state index < -0.39 is 17.7 Å². The zero-order valence-corrected chi connectivity index (χ0v) is 18.6. The van der Waals surface area contributed by atoms with E-state index in [4.69, 9.17) is 10.5 Å². The first kappa shape index (κ1) is 21.2. The number of ether oxygens (including phenoxy) is 1. The van der Waals surface area contributed by atoms with Crippen LogP contribution in [0.1, 0.15) is 27.2 Å². The van der Waals surface area contributed by atoms with Crippen molar-refractivity contribution in [3.05, 3.63) is 83.1 Å². The van der Waals surface area contributed by atoms with Crippen molar-refractivity contribution < 1.29 is 18.3 Å². The van der Waals surface area contributed by atoms with E-state index in [2.05, 4.69) is 15.1 Å². The van der Waals surface area contributed by atoms with Crippen LogP contribution in [0.15, 0.2) is 48.9 Å². The Balaban J connectivity index is 1.47. The molecule has 35 heavy (non-hydrogen) atoms. The molecule has 0 fully saturated rings. The number of nitrogens with two attached hydrogens (primary N) is 1. The highest BCUT2D eigenvalue weighted by atomic mass is 19.1. The van der Waals surface area contributed by atoms with Crippen LogP contribution < -0.4 is 10.6 Å². The number of hydrogen-bond donors (Lipinski definition) is 1. The molecule has 1 aliphatic rings. The van der Waals surface area contributed by atoms with Crippen molar-refractivity contribution in [2.24, 2.45) is 7.05 Å². The second-order valence-electron chi connectivity index (χ2n) is 8.34. The molecular formula is C24H19F2N7O2. The quantitative estimate of drug-likeness (QED) is 0.428. The molecule has 2 N–H and O–H groups in total. The van der Waals surface area contributed by atoms with E-state index in [1.54, 1.807) is 37.6 Å². The number of halogens is 2. The number of anilines is 2. The molecule has 4 aromatic heterocycles. The molecule has 0 saturated heterocycles. The SMILES string of the molecule is Cn1cc(N(Cc2nc3ccccn3c2F)C(=O)c2cc3c4c(c(N)nc3cc2F)COC4)cn1. The predicted octanol–water partition coefficient (Wildman–Crippen LogP) is 3.35. The molecule has 1 aliphatic heterocycles. The third-order valence-corrected chi connectivity index (χ3v) is 6.14. The van der Waals surface area contributed by atoms with Gasteiger partial charge in [-0.05, 0) is 23.8 Å². The molecule has 0 radical (unpaired) electrons. The van der Waals surface area contributed by atoms with Gasteiger partial charge in [-0.15, -0.1) is 0 Å². The zero-order chi connectivity index (χ0) is 24.3. The lowest BCUT2D eigenvalue weighted by molar-refractivity contribution is 0.0981. The van der Waals surface area contributed by atoms with E-state index in [0.717, 1.165) is 11.1 Å². The van der Waals surface area contributed by atoms with Crippen LogP contribution in [0.5, 0.6) is 0 Å². The zero-order valence-electron chi connectivity index (χ0n) is 18.6. The number of aryl methyl sites for hydroxylation is 1. The maximum atomic E-state index is 15.2. The van der Waals surface area contributed by atoms with Gasteiger partial charge in [0.1, 0.15) is 23.0 Å². The van der Waals surface area contributed by atoms with Crippen LogP contribution in [0.3, 0.4) is 0 Å². The predicted molar refractivity (Wildman–Crippen MR) is 123 cm³/mol. The van der Waals surface area contributed by atoms with Crippen LogP contribution in [0.4, 0.5) is 20.3 Å². The standard InChI is InChI=1S/C24H19F2N7O2/c1-31-9-13(8-28-31)33(10-20-22(26)32-5-3-2-4-21(32)29-20)24(34)15-6-14-16-11-35-12-17(16)23(27)30-19(14)7-18(15)25/h2-9H,10-12H2,1H3,(H2,27,30). The summed E-state index contributed by atoms with van der Waals surface area (Å²) in [4.78, 5) is 23.6. The maximum absolute atomic E-state index is 15.2. The monoisotopic (exact) mass is 475 g/mol. The largest absolute Gasteiger partial charge is 0.383 e. The summed E-state index contributed by atoms with van der Waals surface area (Å²) >= 11 is 0. The Morgan fingerprint density at radius 3 is 2.80 bits per heavy atom. The van der Waals surface area contributed by atoms with Crippen LogP contribution in [-0.2, 0) is 31.5 Å². The number of carbonyl (C=O) groups excluding carboxylic acids is 1. The Morgan fingerprint density at radius 1 is 1.20 bits per heavy atom. The van der Waals surface area contributed by atoms with E-state index >= 15 is 8.78 Å². The molecule has 1 aromatic carbocycles. The summed E-state index contributed by atoms with van der Waals surface area (Å²) in [5, 5.41) is 4.70. The minimum atomic E-state index is -0.766. The summed E-state index contributed by atoms with van der Waals surface area (Å²) in [5.74, 6) is -1.75. The van der Waals surface area contributed by atoms with Crippen molar-refractivity contribution in [1.82, 2.24) is 24.1 Å². The van der Waals surface area contributed by atoms with Crippen molar-refractivity contribution in [3.8, 4) is 0 Å². The number of pyridine rings is 2. The van der Waals surface area contributed by atoms with Crippen LogP contribution in [0, 0.1) is 11.8 Å². The molecule has 0 atom stereocenters. The van der Waals surface area contributed by atoms with Gasteiger partial charge >= 0.3 is 0 Å². The van der Waals surface area contributed by atoms with E-state index in [1.165, 1.54) is 32.3 Å². The molecule has 5 heterocycles. The second-order valence-corrected chi connectivity index (χ2v) is 8.34. The Morgan fingerprint density at radius 2 is 2.03 bits per heavy atom. The average Bonchev–Trinajstić information content (AvgIpc) is 3.57. The average molecular weight is 475 g/mol. The first-order chi connectivity index (χ1) is 16.9. The topological polar surface area (TPSA) is 104 Å². The number of benzene rings is 1. The maximum Gasteiger partial charge on any atom is 0.261 e. The van der Waals surface area contributed by atoms with Gasteiger partial charge in [-0.25, -0.2) is 14.4 Å². The number of rotatable bonds is 4. The molecule has 11 heteroatoms. The first-order valence-electron chi connectivity index (χ1n) is 10.8. The van der Waals surface area contributed by atoms with E-state index in [0.29, 0.717) is 28.8 Å². The summed E-state index contributed by atoms with van der Waals surface area (Å²) in [6, 6.07) is 7.72. The van der Waals surface area contributed by atoms with Crippen molar-refractivity contribution >= 4 is 34.0 Å². The Bertz CT molecular complexity index is 1640. The lowest BCUT2D eigenvalue weighted by Gasteiger charge is -2.21. The number of imidazole rings is 1. The van der Waals surface area contributed by atoms with Gasteiger partial charge < -0.3 is 10.5 Å². The fourth-order valence-electron chi connectivity index (χ4n) is 4.39. The lowest BCUT2D eigenvalue weighted by atomic mass is 10.0. The Hall–Kier alpha value is -4.38. The van der Waals surface area contributed by atoms with Gasteiger partial charge in [0.2, 0.25) is 5.95 Å². The van der Waals surface area contributed by atoms with E-state index in [-0.39, 0.29) is 30.2 Å². The number of carbonyl (C=O) groups is 1.